The SMILES string of the molecule is Cc1cc(NC(=O)CC[C@H]2CCCN2c2nn3cccc3c(N=C(N)/C=C(\N)C3CC3)[nH+]2)ccc1F. The summed E-state index contributed by atoms with van der Waals surface area (Å²) >= 11 is 0. The Hall–Kier alpha value is -3.95. The first-order valence-electron chi connectivity index (χ1n) is 12.4. The Morgan fingerprint density at radius 1 is 1.31 bits per heavy atom. The van der Waals surface area contributed by atoms with Crippen molar-refractivity contribution >= 4 is 34.7 Å². The first kappa shape index (κ1) is 23.8. The molecule has 0 radical (unpaired) electrons. The van der Waals surface area contributed by atoms with Gasteiger partial charge in [0.15, 0.2) is 5.84 Å². The minimum absolute atomic E-state index is 0.0937. The normalized spacial score (nSPS) is 18.7. The van der Waals surface area contributed by atoms with Gasteiger partial charge in [-0.1, -0.05) is 0 Å². The number of halogens is 1. The summed E-state index contributed by atoms with van der Waals surface area (Å²) in [6.45, 7) is 2.50. The van der Waals surface area contributed by atoms with Crippen LogP contribution in [0.4, 0.5) is 21.8 Å². The average Bonchev–Trinajstić information content (AvgIpc) is 3.40. The third-order valence-corrected chi connectivity index (χ3v) is 6.80. The van der Waals surface area contributed by atoms with Gasteiger partial charge >= 0.3 is 5.95 Å². The largest absolute Gasteiger partial charge is 0.402 e. The van der Waals surface area contributed by atoms with Gasteiger partial charge in [-0.3, -0.25) is 9.69 Å². The van der Waals surface area contributed by atoms with Crippen molar-refractivity contribution in [1.82, 2.24) is 9.61 Å². The molecular formula is C26H32FN8O+. The van der Waals surface area contributed by atoms with Crippen LogP contribution in [0.1, 0.15) is 44.1 Å². The van der Waals surface area contributed by atoms with Gasteiger partial charge in [0.25, 0.3) is 5.82 Å². The minimum Gasteiger partial charge on any atom is -0.402 e. The zero-order valence-corrected chi connectivity index (χ0v) is 20.4. The number of rotatable bonds is 8. The van der Waals surface area contributed by atoms with Gasteiger partial charge in [0.1, 0.15) is 11.3 Å². The van der Waals surface area contributed by atoms with E-state index < -0.39 is 0 Å². The number of nitrogens with zero attached hydrogens (tertiary/aromatic N) is 4. The molecule has 0 spiro atoms. The number of fused-ring (bicyclic) bond motifs is 1. The molecule has 1 aromatic carbocycles. The summed E-state index contributed by atoms with van der Waals surface area (Å²) in [6, 6.07) is 8.58. The number of H-pyrrole nitrogens is 1. The molecule has 0 unspecified atom stereocenters. The van der Waals surface area contributed by atoms with Crippen molar-refractivity contribution in [2.75, 3.05) is 16.8 Å². The number of nitrogens with one attached hydrogen (secondary N) is 2. The number of amides is 1. The summed E-state index contributed by atoms with van der Waals surface area (Å²) in [5.74, 6) is 1.67. The molecule has 1 aliphatic heterocycles. The van der Waals surface area contributed by atoms with Gasteiger partial charge in [0.05, 0.1) is 12.6 Å². The van der Waals surface area contributed by atoms with Crippen molar-refractivity contribution in [3.05, 3.63) is 59.7 Å². The monoisotopic (exact) mass is 491 g/mol. The maximum absolute atomic E-state index is 13.5. The summed E-state index contributed by atoms with van der Waals surface area (Å²) in [6.07, 6.45) is 8.81. The van der Waals surface area contributed by atoms with Crippen molar-refractivity contribution < 1.29 is 14.2 Å². The third-order valence-electron chi connectivity index (χ3n) is 6.80. The Morgan fingerprint density at radius 3 is 2.92 bits per heavy atom. The molecule has 3 heterocycles. The summed E-state index contributed by atoms with van der Waals surface area (Å²) in [5, 5.41) is 7.62. The molecule has 36 heavy (non-hydrogen) atoms. The van der Waals surface area contributed by atoms with E-state index in [1.54, 1.807) is 29.6 Å². The lowest BCUT2D eigenvalue weighted by Crippen LogP contribution is -2.36. The lowest BCUT2D eigenvalue weighted by Gasteiger charge is -2.20. The molecule has 10 heteroatoms. The first-order chi connectivity index (χ1) is 17.4. The molecule has 188 valence electrons. The lowest BCUT2D eigenvalue weighted by molar-refractivity contribution is -0.353. The van der Waals surface area contributed by atoms with E-state index in [0.717, 1.165) is 43.4 Å². The number of aryl methyl sites for hydroxylation is 1. The number of benzene rings is 1. The van der Waals surface area contributed by atoms with Crippen LogP contribution in [0.5, 0.6) is 0 Å². The van der Waals surface area contributed by atoms with E-state index in [1.165, 1.54) is 6.07 Å². The number of hydrogen-bond acceptors (Lipinski definition) is 5. The topological polar surface area (TPSA) is 128 Å². The molecule has 9 nitrogen and oxygen atoms in total. The van der Waals surface area contributed by atoms with Crippen LogP contribution in [0.3, 0.4) is 0 Å². The zero-order valence-electron chi connectivity index (χ0n) is 20.4. The Bertz CT molecular complexity index is 1340. The maximum Gasteiger partial charge on any atom is 0.368 e. The highest BCUT2D eigenvalue weighted by molar-refractivity contribution is 5.94. The fourth-order valence-corrected chi connectivity index (χ4v) is 4.68. The fraction of sp³-hybridized carbons (Fsp3) is 0.385. The molecule has 1 amide bonds. The number of amidine groups is 1. The second-order valence-corrected chi connectivity index (χ2v) is 9.63. The molecule has 1 aliphatic carbocycles. The van der Waals surface area contributed by atoms with E-state index in [9.17, 15) is 9.18 Å². The second kappa shape index (κ2) is 9.96. The van der Waals surface area contributed by atoms with Crippen LogP contribution in [0.2, 0.25) is 0 Å². The molecule has 2 aromatic heterocycles. The second-order valence-electron chi connectivity index (χ2n) is 9.63. The van der Waals surface area contributed by atoms with Crippen LogP contribution in [-0.2, 0) is 4.79 Å². The van der Waals surface area contributed by atoms with E-state index in [4.69, 9.17) is 16.6 Å². The Morgan fingerprint density at radius 2 is 2.14 bits per heavy atom. The number of aromatic nitrogens is 3. The highest BCUT2D eigenvalue weighted by atomic mass is 19.1. The molecule has 1 atom stereocenters. The standard InChI is InChI=1S/C26H31FN8O/c1-16-14-18(8-10-20(16)27)30-24(36)11-9-19-4-2-12-34(19)26-32-25(22-5-3-13-35(22)33-26)31-23(29)15-21(28)17-6-7-17/h3,5,8,10,13-15,17,19H,2,4,6-7,9,11-12,28H2,1H3,(H,30,36)(H2,29,31,32,33)/p+1/b21-15-/t19-/m1/s1. The number of carbonyl (C=O) groups is 1. The fourth-order valence-electron chi connectivity index (χ4n) is 4.68. The molecule has 1 saturated carbocycles. The number of aromatic amines is 1. The van der Waals surface area contributed by atoms with Crippen molar-refractivity contribution in [3.8, 4) is 0 Å². The van der Waals surface area contributed by atoms with Gasteiger partial charge in [-0.25, -0.2) is 9.37 Å². The lowest BCUT2D eigenvalue weighted by atomic mass is 10.1. The quantitative estimate of drug-likeness (QED) is 0.329. The molecule has 3 aromatic rings. The highest BCUT2D eigenvalue weighted by Crippen LogP contribution is 2.33. The van der Waals surface area contributed by atoms with Crippen LogP contribution in [-0.4, -0.2) is 33.9 Å². The predicted molar refractivity (Wildman–Crippen MR) is 137 cm³/mol. The summed E-state index contributed by atoms with van der Waals surface area (Å²) in [5.41, 5.74) is 15.0. The molecule has 5 rings (SSSR count). The van der Waals surface area contributed by atoms with E-state index in [-0.39, 0.29) is 17.8 Å². The van der Waals surface area contributed by atoms with Gasteiger partial charge in [-0.15, -0.1) is 4.99 Å². The number of nitrogens with two attached hydrogens (primary N) is 2. The molecular weight excluding hydrogens is 459 g/mol. The zero-order chi connectivity index (χ0) is 25.2. The van der Waals surface area contributed by atoms with Crippen LogP contribution >= 0.6 is 0 Å². The highest BCUT2D eigenvalue weighted by Gasteiger charge is 2.32. The number of allylic oxidation sites excluding steroid dienone is 1. The number of anilines is 2. The number of hydrogen-bond donors (Lipinski definition) is 3. The molecule has 0 bridgehead atoms. The summed E-state index contributed by atoms with van der Waals surface area (Å²) in [4.78, 5) is 22.7. The van der Waals surface area contributed by atoms with Gasteiger partial charge < -0.3 is 16.8 Å². The van der Waals surface area contributed by atoms with Crippen molar-refractivity contribution in [2.24, 2.45) is 22.4 Å². The van der Waals surface area contributed by atoms with E-state index in [2.05, 4.69) is 20.2 Å². The van der Waals surface area contributed by atoms with Crippen molar-refractivity contribution in [3.63, 3.8) is 0 Å². The summed E-state index contributed by atoms with van der Waals surface area (Å²) in [7, 11) is 0. The van der Waals surface area contributed by atoms with Gasteiger partial charge in [0.2, 0.25) is 5.91 Å². The predicted octanol–water partition coefficient (Wildman–Crippen LogP) is 3.22. The third kappa shape index (κ3) is 5.32. The molecule has 6 N–H and O–H groups in total. The van der Waals surface area contributed by atoms with Gasteiger partial charge in [-0.05, 0) is 85.9 Å². The van der Waals surface area contributed by atoms with E-state index in [0.29, 0.717) is 47.6 Å². The molecule has 2 fully saturated rings. The minimum atomic E-state index is -0.286. The van der Waals surface area contributed by atoms with Crippen molar-refractivity contribution in [2.45, 2.75) is 51.5 Å². The van der Waals surface area contributed by atoms with Gasteiger partial charge in [0, 0.05) is 30.1 Å². The van der Waals surface area contributed by atoms with E-state index >= 15 is 0 Å². The smallest absolute Gasteiger partial charge is 0.368 e. The molecule has 1 saturated heterocycles. The van der Waals surface area contributed by atoms with Crippen LogP contribution < -0.4 is 26.7 Å². The van der Waals surface area contributed by atoms with Gasteiger partial charge in [-0.2, -0.15) is 4.52 Å². The first-order valence-corrected chi connectivity index (χ1v) is 12.4. The van der Waals surface area contributed by atoms with Crippen molar-refractivity contribution in [1.29, 1.82) is 0 Å². The van der Waals surface area contributed by atoms with E-state index in [1.807, 2.05) is 18.3 Å². The number of carbonyl (C=O) groups excluding carboxylic acids is 1. The molecule has 2 aliphatic rings. The summed E-state index contributed by atoms with van der Waals surface area (Å²) < 4.78 is 15.3. The number of aliphatic imine (C=N–C) groups is 1. The van der Waals surface area contributed by atoms with Crippen LogP contribution in [0, 0.1) is 18.7 Å². The maximum atomic E-state index is 13.5. The van der Waals surface area contributed by atoms with Crippen LogP contribution in [0.15, 0.2) is 53.3 Å². The Kier molecular flexibility index (Phi) is 6.58. The Balaban J connectivity index is 1.30. The van der Waals surface area contributed by atoms with Crippen LogP contribution in [0.25, 0.3) is 5.52 Å². The Labute approximate surface area is 209 Å². The average molecular weight is 492 g/mol.